The minimum atomic E-state index is 1.00. The zero-order chi connectivity index (χ0) is 12.4. The van der Waals surface area contributed by atoms with Crippen molar-refractivity contribution in [2.45, 2.75) is 19.3 Å². The van der Waals surface area contributed by atoms with E-state index in [0.29, 0.717) is 0 Å². The number of fused-ring (bicyclic) bond motifs is 2. The van der Waals surface area contributed by atoms with Crippen molar-refractivity contribution in [3.8, 4) is 0 Å². The third-order valence-electron chi connectivity index (χ3n) is 3.53. The normalized spacial score (nSPS) is 11.2. The predicted molar refractivity (Wildman–Crippen MR) is 79.7 cm³/mol. The molecular weight excluding hydrogens is 216 g/mol. The van der Waals surface area contributed by atoms with Gasteiger partial charge in [0.15, 0.2) is 0 Å². The van der Waals surface area contributed by atoms with Crippen molar-refractivity contribution in [1.82, 2.24) is 0 Å². The Kier molecular flexibility index (Phi) is 3.02. The summed E-state index contributed by atoms with van der Waals surface area (Å²) in [5.41, 5.74) is 1.45. The molecule has 0 N–H and O–H groups in total. The maximum absolute atomic E-state index is 3.93. The van der Waals surface area contributed by atoms with Crippen molar-refractivity contribution in [2.24, 2.45) is 0 Å². The average Bonchev–Trinajstić information content (AvgIpc) is 2.43. The van der Waals surface area contributed by atoms with E-state index >= 15 is 0 Å². The van der Waals surface area contributed by atoms with Crippen molar-refractivity contribution in [3.05, 3.63) is 67.1 Å². The van der Waals surface area contributed by atoms with Crippen LogP contribution in [0.4, 0.5) is 0 Å². The van der Waals surface area contributed by atoms with Crippen molar-refractivity contribution in [3.63, 3.8) is 0 Å². The first-order valence-electron chi connectivity index (χ1n) is 6.58. The summed E-state index contributed by atoms with van der Waals surface area (Å²) in [6, 6.07) is 19.8. The first-order chi connectivity index (χ1) is 8.88. The largest absolute Gasteiger partial charge is 0.0616 e. The van der Waals surface area contributed by atoms with Gasteiger partial charge in [0, 0.05) is 0 Å². The van der Waals surface area contributed by atoms with Crippen LogP contribution in [0.25, 0.3) is 21.5 Å². The SMILES string of the molecule is [CH2]CCCc1cccc2cc3ccccc3cc12. The Balaban J connectivity index is 2.22. The van der Waals surface area contributed by atoms with Gasteiger partial charge in [-0.05, 0) is 52.1 Å². The molecule has 0 amide bonds. The number of benzene rings is 3. The Morgan fingerprint density at radius 3 is 2.28 bits per heavy atom. The lowest BCUT2D eigenvalue weighted by Crippen LogP contribution is -1.87. The highest BCUT2D eigenvalue weighted by Gasteiger charge is 2.02. The minimum Gasteiger partial charge on any atom is -0.0616 e. The second-order valence-electron chi connectivity index (χ2n) is 4.79. The van der Waals surface area contributed by atoms with Crippen molar-refractivity contribution in [1.29, 1.82) is 0 Å². The Labute approximate surface area is 108 Å². The fourth-order valence-corrected chi connectivity index (χ4v) is 2.57. The second-order valence-corrected chi connectivity index (χ2v) is 4.79. The highest BCUT2D eigenvalue weighted by molar-refractivity contribution is 5.99. The van der Waals surface area contributed by atoms with Gasteiger partial charge in [-0.25, -0.2) is 0 Å². The van der Waals surface area contributed by atoms with E-state index in [9.17, 15) is 0 Å². The van der Waals surface area contributed by atoms with Crippen LogP contribution in [0.5, 0.6) is 0 Å². The van der Waals surface area contributed by atoms with Gasteiger partial charge in [0.2, 0.25) is 0 Å². The van der Waals surface area contributed by atoms with Crippen LogP contribution in [0, 0.1) is 6.92 Å². The maximum atomic E-state index is 3.93. The van der Waals surface area contributed by atoms with Crippen LogP contribution in [0.1, 0.15) is 18.4 Å². The number of unbranched alkanes of at least 4 members (excludes halogenated alkanes) is 1. The summed E-state index contributed by atoms with van der Waals surface area (Å²) in [6.07, 6.45) is 3.29. The summed E-state index contributed by atoms with van der Waals surface area (Å²) in [6.45, 7) is 3.93. The quantitative estimate of drug-likeness (QED) is 0.549. The van der Waals surface area contributed by atoms with E-state index in [0.717, 1.165) is 19.3 Å². The fraction of sp³-hybridized carbons (Fsp3) is 0.167. The molecule has 18 heavy (non-hydrogen) atoms. The summed E-state index contributed by atoms with van der Waals surface area (Å²) in [5.74, 6) is 0. The fourth-order valence-electron chi connectivity index (χ4n) is 2.57. The Bertz CT molecular complexity index is 680. The van der Waals surface area contributed by atoms with Gasteiger partial charge in [-0.15, -0.1) is 0 Å². The second kappa shape index (κ2) is 4.81. The van der Waals surface area contributed by atoms with Gasteiger partial charge in [0.1, 0.15) is 0 Å². The molecule has 0 saturated heterocycles. The van der Waals surface area contributed by atoms with Crippen LogP contribution in [0.15, 0.2) is 54.6 Å². The van der Waals surface area contributed by atoms with E-state index in [2.05, 4.69) is 61.5 Å². The summed E-state index contributed by atoms with van der Waals surface area (Å²) in [5, 5.41) is 5.38. The zero-order valence-electron chi connectivity index (χ0n) is 10.5. The molecule has 3 aromatic carbocycles. The molecule has 3 rings (SSSR count). The lowest BCUT2D eigenvalue weighted by Gasteiger charge is -2.08. The van der Waals surface area contributed by atoms with E-state index < -0.39 is 0 Å². The molecule has 0 spiro atoms. The van der Waals surface area contributed by atoms with Gasteiger partial charge in [0.05, 0.1) is 0 Å². The summed E-state index contributed by atoms with van der Waals surface area (Å²) < 4.78 is 0. The lowest BCUT2D eigenvalue weighted by atomic mass is 9.97. The predicted octanol–water partition coefficient (Wildman–Crippen LogP) is 5.15. The van der Waals surface area contributed by atoms with Crippen LogP contribution in [-0.2, 0) is 6.42 Å². The molecule has 0 nitrogen and oxygen atoms in total. The van der Waals surface area contributed by atoms with E-state index in [1.54, 1.807) is 0 Å². The summed E-state index contributed by atoms with van der Waals surface area (Å²) >= 11 is 0. The van der Waals surface area contributed by atoms with E-state index in [-0.39, 0.29) is 0 Å². The molecule has 89 valence electrons. The highest BCUT2D eigenvalue weighted by Crippen LogP contribution is 2.26. The van der Waals surface area contributed by atoms with E-state index in [4.69, 9.17) is 0 Å². The van der Waals surface area contributed by atoms with Crippen molar-refractivity contribution >= 4 is 21.5 Å². The topological polar surface area (TPSA) is 0 Å². The minimum absolute atomic E-state index is 1.00. The first kappa shape index (κ1) is 11.3. The Morgan fingerprint density at radius 1 is 0.778 bits per heavy atom. The molecule has 0 aliphatic heterocycles. The standard InChI is InChI=1S/C18H17/c1-2-3-7-14-10-6-11-17-12-15-8-4-5-9-16(15)13-18(14)17/h4-6,8-13H,1-3,7H2. The smallest absolute Gasteiger partial charge is 0.0146 e. The van der Waals surface area contributed by atoms with Gasteiger partial charge in [-0.1, -0.05) is 55.8 Å². The van der Waals surface area contributed by atoms with Gasteiger partial charge in [0.25, 0.3) is 0 Å². The molecule has 0 aromatic heterocycles. The van der Waals surface area contributed by atoms with Crippen molar-refractivity contribution in [2.75, 3.05) is 0 Å². The molecule has 0 unspecified atom stereocenters. The van der Waals surface area contributed by atoms with Crippen LogP contribution in [-0.4, -0.2) is 0 Å². The van der Waals surface area contributed by atoms with Gasteiger partial charge in [-0.2, -0.15) is 0 Å². The first-order valence-corrected chi connectivity index (χ1v) is 6.58. The molecular formula is C18H17. The van der Waals surface area contributed by atoms with Crippen LogP contribution < -0.4 is 0 Å². The van der Waals surface area contributed by atoms with E-state index in [1.807, 2.05) is 0 Å². The summed E-state index contributed by atoms with van der Waals surface area (Å²) in [7, 11) is 0. The molecule has 0 aliphatic rings. The van der Waals surface area contributed by atoms with Crippen LogP contribution >= 0.6 is 0 Å². The molecule has 0 heteroatoms. The van der Waals surface area contributed by atoms with Gasteiger partial charge in [-0.3, -0.25) is 0 Å². The molecule has 0 bridgehead atoms. The van der Waals surface area contributed by atoms with Crippen molar-refractivity contribution < 1.29 is 0 Å². The van der Waals surface area contributed by atoms with Gasteiger partial charge < -0.3 is 0 Å². The number of hydrogen-bond donors (Lipinski definition) is 0. The molecule has 0 aliphatic carbocycles. The number of hydrogen-bond acceptors (Lipinski definition) is 0. The monoisotopic (exact) mass is 233 g/mol. The Morgan fingerprint density at radius 2 is 1.50 bits per heavy atom. The lowest BCUT2D eigenvalue weighted by molar-refractivity contribution is 0.846. The maximum Gasteiger partial charge on any atom is -0.0146 e. The highest BCUT2D eigenvalue weighted by atomic mass is 14.1. The van der Waals surface area contributed by atoms with E-state index in [1.165, 1.54) is 27.1 Å². The third kappa shape index (κ3) is 1.99. The van der Waals surface area contributed by atoms with Crippen LogP contribution in [0.2, 0.25) is 0 Å². The number of aryl methyl sites for hydroxylation is 1. The molecule has 0 saturated carbocycles. The van der Waals surface area contributed by atoms with Gasteiger partial charge >= 0.3 is 0 Å². The number of rotatable bonds is 3. The molecule has 1 radical (unpaired) electrons. The molecule has 0 heterocycles. The zero-order valence-corrected chi connectivity index (χ0v) is 10.5. The summed E-state index contributed by atoms with van der Waals surface area (Å²) in [4.78, 5) is 0. The molecule has 0 fully saturated rings. The average molecular weight is 233 g/mol. The third-order valence-corrected chi connectivity index (χ3v) is 3.53. The Hall–Kier alpha value is -1.82. The molecule has 3 aromatic rings. The molecule has 0 atom stereocenters. The van der Waals surface area contributed by atoms with Crippen LogP contribution in [0.3, 0.4) is 0 Å².